The van der Waals surface area contributed by atoms with Gasteiger partial charge < -0.3 is 0 Å². The number of nitrogens with zero attached hydrogens (tertiary/aromatic N) is 2. The molecule has 1 heterocycles. The van der Waals surface area contributed by atoms with Crippen LogP contribution in [0.15, 0.2) is 12.2 Å². The monoisotopic (exact) mass is 190 g/mol. The number of amides is 2. The number of rotatable bonds is 1. The zero-order chi connectivity index (χ0) is 10.2. The van der Waals surface area contributed by atoms with E-state index < -0.39 is 5.54 Å². The second-order valence-corrected chi connectivity index (χ2v) is 3.70. The van der Waals surface area contributed by atoms with Crippen molar-refractivity contribution in [1.82, 2.24) is 4.90 Å². The summed E-state index contributed by atoms with van der Waals surface area (Å²) in [5.41, 5.74) is -0.863. The molecule has 0 aromatic carbocycles. The Bertz CT molecular complexity index is 341. The van der Waals surface area contributed by atoms with Crippen LogP contribution in [0.3, 0.4) is 0 Å². The molecule has 4 heteroatoms. The zero-order valence-electron chi connectivity index (χ0n) is 7.69. The number of hydrogen-bond acceptors (Lipinski definition) is 3. The lowest BCUT2D eigenvalue weighted by atomic mass is 9.97. The fourth-order valence-corrected chi connectivity index (χ4v) is 2.17. The van der Waals surface area contributed by atoms with Gasteiger partial charge >= 0.3 is 0 Å². The second-order valence-electron chi connectivity index (χ2n) is 3.70. The summed E-state index contributed by atoms with van der Waals surface area (Å²) < 4.78 is 0. The molecule has 0 aromatic heterocycles. The topological polar surface area (TPSA) is 61.2 Å². The Morgan fingerprint density at radius 1 is 1.21 bits per heavy atom. The average molecular weight is 190 g/mol. The standard InChI is InChI=1S/C10H10N2O2/c11-7-10(5-1-2-6-10)12-8(13)3-4-9(12)14/h3-4H,1-2,5-6H2. The molecule has 0 radical (unpaired) electrons. The van der Waals surface area contributed by atoms with Crippen LogP contribution in [0.2, 0.25) is 0 Å². The number of imide groups is 1. The minimum Gasteiger partial charge on any atom is -0.269 e. The highest BCUT2D eigenvalue weighted by Gasteiger charge is 2.46. The molecule has 0 bridgehead atoms. The van der Waals surface area contributed by atoms with E-state index in [-0.39, 0.29) is 11.8 Å². The van der Waals surface area contributed by atoms with E-state index in [1.165, 1.54) is 12.2 Å². The molecule has 0 saturated heterocycles. The largest absolute Gasteiger partial charge is 0.269 e. The molecule has 0 N–H and O–H groups in total. The van der Waals surface area contributed by atoms with E-state index in [9.17, 15) is 9.59 Å². The van der Waals surface area contributed by atoms with Crippen molar-refractivity contribution in [1.29, 1.82) is 5.26 Å². The Morgan fingerprint density at radius 3 is 2.14 bits per heavy atom. The zero-order valence-corrected chi connectivity index (χ0v) is 7.69. The van der Waals surface area contributed by atoms with E-state index >= 15 is 0 Å². The Hall–Kier alpha value is -1.63. The normalized spacial score (nSPS) is 24.4. The van der Waals surface area contributed by atoms with Crippen molar-refractivity contribution in [2.24, 2.45) is 0 Å². The Balaban J connectivity index is 2.34. The van der Waals surface area contributed by atoms with Gasteiger partial charge in [0.2, 0.25) is 0 Å². The first-order valence-corrected chi connectivity index (χ1v) is 4.67. The number of carbonyl (C=O) groups excluding carboxylic acids is 2. The van der Waals surface area contributed by atoms with E-state index in [4.69, 9.17) is 5.26 Å². The average Bonchev–Trinajstić information content (AvgIpc) is 2.75. The molecule has 1 fully saturated rings. The van der Waals surface area contributed by atoms with Gasteiger partial charge in [0.15, 0.2) is 0 Å². The molecule has 0 aromatic rings. The lowest BCUT2D eigenvalue weighted by Gasteiger charge is -2.30. The first kappa shape index (κ1) is 8.95. The second kappa shape index (κ2) is 2.95. The Kier molecular flexibility index (Phi) is 1.88. The molecule has 2 amide bonds. The summed E-state index contributed by atoms with van der Waals surface area (Å²) in [5.74, 6) is -0.697. The molecule has 0 atom stereocenters. The molecule has 0 unspecified atom stereocenters. The van der Waals surface area contributed by atoms with E-state index in [0.717, 1.165) is 17.7 Å². The van der Waals surface area contributed by atoms with Crippen molar-refractivity contribution in [3.8, 4) is 6.07 Å². The minimum absolute atomic E-state index is 0.349. The number of hydrogen-bond donors (Lipinski definition) is 0. The van der Waals surface area contributed by atoms with Crippen LogP contribution >= 0.6 is 0 Å². The van der Waals surface area contributed by atoms with Crippen LogP contribution in [0.25, 0.3) is 0 Å². The molecule has 1 aliphatic carbocycles. The van der Waals surface area contributed by atoms with E-state index in [1.54, 1.807) is 0 Å². The minimum atomic E-state index is -0.863. The van der Waals surface area contributed by atoms with Gasteiger partial charge in [-0.1, -0.05) is 0 Å². The lowest BCUT2D eigenvalue weighted by Crippen LogP contribution is -2.49. The maximum absolute atomic E-state index is 11.4. The van der Waals surface area contributed by atoms with Crippen LogP contribution in [-0.4, -0.2) is 22.3 Å². The molecule has 72 valence electrons. The fraction of sp³-hybridized carbons (Fsp3) is 0.500. The number of carbonyl (C=O) groups is 2. The molecule has 2 rings (SSSR count). The van der Waals surface area contributed by atoms with E-state index in [2.05, 4.69) is 6.07 Å². The highest BCUT2D eigenvalue weighted by atomic mass is 16.2. The van der Waals surface area contributed by atoms with Crippen LogP contribution < -0.4 is 0 Å². The summed E-state index contributed by atoms with van der Waals surface area (Å²) in [7, 11) is 0. The lowest BCUT2D eigenvalue weighted by molar-refractivity contribution is -0.141. The molecule has 0 spiro atoms. The summed E-state index contributed by atoms with van der Waals surface area (Å²) in [5, 5.41) is 9.09. The van der Waals surface area contributed by atoms with Gasteiger partial charge in [0.05, 0.1) is 6.07 Å². The Morgan fingerprint density at radius 2 is 1.71 bits per heavy atom. The van der Waals surface area contributed by atoms with Gasteiger partial charge in [-0.05, 0) is 25.7 Å². The SMILES string of the molecule is N#CC1(N2C(=O)C=CC2=O)CCCC1. The van der Waals surface area contributed by atoms with Crippen LogP contribution in [0, 0.1) is 11.3 Å². The molecule has 14 heavy (non-hydrogen) atoms. The third-order valence-electron chi connectivity index (χ3n) is 2.88. The molecular weight excluding hydrogens is 180 g/mol. The van der Waals surface area contributed by atoms with Crippen molar-refractivity contribution < 1.29 is 9.59 Å². The fourth-order valence-electron chi connectivity index (χ4n) is 2.17. The summed E-state index contributed by atoms with van der Waals surface area (Å²) >= 11 is 0. The molecule has 2 aliphatic rings. The smallest absolute Gasteiger partial charge is 0.254 e. The van der Waals surface area contributed by atoms with Crippen LogP contribution in [0.4, 0.5) is 0 Å². The van der Waals surface area contributed by atoms with Gasteiger partial charge in [0, 0.05) is 12.2 Å². The van der Waals surface area contributed by atoms with Crippen LogP contribution in [-0.2, 0) is 9.59 Å². The maximum atomic E-state index is 11.4. The Labute approximate surface area is 81.8 Å². The van der Waals surface area contributed by atoms with Gasteiger partial charge in [-0.2, -0.15) is 5.26 Å². The van der Waals surface area contributed by atoms with Crippen molar-refractivity contribution in [3.63, 3.8) is 0 Å². The van der Waals surface area contributed by atoms with Crippen LogP contribution in [0.5, 0.6) is 0 Å². The quantitative estimate of drug-likeness (QED) is 0.573. The summed E-state index contributed by atoms with van der Waals surface area (Å²) in [6.07, 6.45) is 5.51. The first-order valence-electron chi connectivity index (χ1n) is 4.67. The van der Waals surface area contributed by atoms with Crippen molar-refractivity contribution in [2.45, 2.75) is 31.2 Å². The van der Waals surface area contributed by atoms with E-state index in [1.807, 2.05) is 0 Å². The van der Waals surface area contributed by atoms with Gasteiger partial charge in [-0.25, -0.2) is 0 Å². The molecule has 1 aliphatic heterocycles. The predicted molar refractivity (Wildman–Crippen MR) is 47.8 cm³/mol. The van der Waals surface area contributed by atoms with Gasteiger partial charge in [-0.15, -0.1) is 0 Å². The van der Waals surface area contributed by atoms with Crippen molar-refractivity contribution in [2.75, 3.05) is 0 Å². The predicted octanol–water partition coefficient (Wildman–Crippen LogP) is 0.748. The first-order chi connectivity index (χ1) is 6.69. The summed E-state index contributed by atoms with van der Waals surface area (Å²) in [4.78, 5) is 23.9. The maximum Gasteiger partial charge on any atom is 0.254 e. The summed E-state index contributed by atoms with van der Waals surface area (Å²) in [6.45, 7) is 0. The third kappa shape index (κ3) is 1.06. The van der Waals surface area contributed by atoms with Gasteiger partial charge in [-0.3, -0.25) is 14.5 Å². The van der Waals surface area contributed by atoms with Crippen LogP contribution in [0.1, 0.15) is 25.7 Å². The van der Waals surface area contributed by atoms with E-state index in [0.29, 0.717) is 12.8 Å². The van der Waals surface area contributed by atoms with Crippen molar-refractivity contribution in [3.05, 3.63) is 12.2 Å². The highest BCUT2D eigenvalue weighted by Crippen LogP contribution is 2.36. The third-order valence-corrected chi connectivity index (χ3v) is 2.88. The van der Waals surface area contributed by atoms with Gasteiger partial charge in [0.25, 0.3) is 11.8 Å². The molecule has 4 nitrogen and oxygen atoms in total. The summed E-state index contributed by atoms with van der Waals surface area (Å²) in [6, 6.07) is 2.12. The van der Waals surface area contributed by atoms with Gasteiger partial charge in [0.1, 0.15) is 5.54 Å². The molecule has 1 saturated carbocycles. The molecular formula is C10H10N2O2. The number of nitriles is 1. The highest BCUT2D eigenvalue weighted by molar-refractivity contribution is 6.13. The van der Waals surface area contributed by atoms with Crippen molar-refractivity contribution >= 4 is 11.8 Å².